The number of aliphatic hydroxyl groups excluding tert-OH is 1. The zero-order chi connectivity index (χ0) is 85.5. The summed E-state index contributed by atoms with van der Waals surface area (Å²) in [5.41, 5.74) is 9.04. The molecule has 13 aromatic heterocycles. The van der Waals surface area contributed by atoms with Crippen LogP contribution in [0.2, 0.25) is 0 Å². The summed E-state index contributed by atoms with van der Waals surface area (Å²) in [5.74, 6) is 7.79. The summed E-state index contributed by atoms with van der Waals surface area (Å²) in [5, 5.41) is 121. The van der Waals surface area contributed by atoms with Crippen molar-refractivity contribution in [1.29, 1.82) is 0 Å². The molecule has 4 saturated carbocycles. The molecule has 0 saturated heterocycles. The second-order valence-corrected chi connectivity index (χ2v) is 35.4. The Kier molecular flexibility index (Phi) is 20.9. The highest BCUT2D eigenvalue weighted by Crippen LogP contribution is 2.55. The number of oxazole rings is 1. The first-order valence-corrected chi connectivity index (χ1v) is 41.4. The van der Waals surface area contributed by atoms with Crippen molar-refractivity contribution in [1.82, 2.24) is 118 Å². The van der Waals surface area contributed by atoms with Crippen LogP contribution in [-0.4, -0.2) is 144 Å². The van der Waals surface area contributed by atoms with E-state index in [-0.39, 0.29) is 21.7 Å². The van der Waals surface area contributed by atoms with Gasteiger partial charge in [0.2, 0.25) is 5.89 Å². The molecule has 30 nitrogen and oxygen atoms in total. The largest absolute Gasteiger partial charge is 0.440 e. The Balaban J connectivity index is 0.000000110. The third-order valence-electron chi connectivity index (χ3n) is 23.6. The Hall–Kier alpha value is -12.9. The van der Waals surface area contributed by atoms with E-state index in [1.54, 1.807) is 73.3 Å². The minimum Gasteiger partial charge on any atom is -0.440 e. The van der Waals surface area contributed by atoms with E-state index in [9.17, 15) is 25.5 Å². The summed E-state index contributed by atoms with van der Waals surface area (Å²) in [7, 11) is 0. The number of aryl methyl sites for hydroxylation is 2. The maximum absolute atomic E-state index is 10.5. The van der Waals surface area contributed by atoms with Gasteiger partial charge < -0.3 is 29.9 Å². The second kappa shape index (κ2) is 31.3. The molecule has 0 bridgehead atoms. The van der Waals surface area contributed by atoms with Crippen LogP contribution < -0.4 is 0 Å². The summed E-state index contributed by atoms with van der Waals surface area (Å²) in [6.45, 7) is 25.4. The molecule has 624 valence electrons. The number of hydrogen-bond acceptors (Lipinski definition) is 23. The van der Waals surface area contributed by atoms with Gasteiger partial charge in [-0.1, -0.05) is 151 Å². The van der Waals surface area contributed by atoms with Gasteiger partial charge in [-0.3, -0.25) is 22.0 Å². The van der Waals surface area contributed by atoms with E-state index in [2.05, 4.69) is 175 Å². The number of benzene rings is 4. The van der Waals surface area contributed by atoms with Crippen molar-refractivity contribution in [3.8, 4) is 11.3 Å². The Morgan fingerprint density at radius 1 is 0.426 bits per heavy atom. The lowest BCUT2D eigenvalue weighted by Crippen LogP contribution is -2.22. The second-order valence-electron chi connectivity index (χ2n) is 35.4. The molecule has 21 rings (SSSR count). The Morgan fingerprint density at radius 2 is 0.877 bits per heavy atom. The van der Waals surface area contributed by atoms with Gasteiger partial charge in [-0.25, -0.2) is 9.67 Å². The molecular formula is C92H100N24O6. The monoisotopic (exact) mass is 1640 g/mol. The van der Waals surface area contributed by atoms with Crippen LogP contribution in [0.4, 0.5) is 0 Å². The Bertz CT molecular complexity index is 6590. The molecule has 4 fully saturated rings. The molecule has 1 unspecified atom stereocenters. The van der Waals surface area contributed by atoms with E-state index in [0.29, 0.717) is 53.3 Å². The Morgan fingerprint density at radius 3 is 1.39 bits per heavy atom. The van der Waals surface area contributed by atoms with Crippen LogP contribution >= 0.6 is 0 Å². The fraction of sp³-hybridized carbons (Fsp3) is 0.359. The zero-order valence-corrected chi connectivity index (χ0v) is 70.7. The van der Waals surface area contributed by atoms with Gasteiger partial charge in [-0.15, -0.1) is 66.3 Å². The maximum Gasteiger partial charge on any atom is 0.208 e. The number of tetrazole rings is 2. The number of fused-ring (bicyclic) bond motifs is 5. The summed E-state index contributed by atoms with van der Waals surface area (Å²) in [4.78, 5) is 6.19. The number of aromatic nitrogens is 24. The van der Waals surface area contributed by atoms with E-state index < -0.39 is 28.5 Å². The van der Waals surface area contributed by atoms with Gasteiger partial charge in [0.25, 0.3) is 0 Å². The van der Waals surface area contributed by atoms with Gasteiger partial charge in [0.15, 0.2) is 63.1 Å². The van der Waals surface area contributed by atoms with E-state index in [0.717, 1.165) is 129 Å². The number of rotatable bonds is 19. The third kappa shape index (κ3) is 15.8. The highest BCUT2D eigenvalue weighted by Gasteiger charge is 2.56. The normalized spacial score (nSPS) is 15.6. The quantitative estimate of drug-likeness (QED) is 0.0502. The highest BCUT2D eigenvalue weighted by molar-refractivity contribution is 5.59. The number of hydrogen-bond donors (Lipinski definition) is 5. The SMILES string of the molecule is CC(C)(O)c1cccn2c(C3(c4ncc(-c5ccccc5)o4)CC3)nnc12.CC(C)(O)c1cccn2c(C3(c4nnnn4Cc4ccccc4)CC3)nnc12.CC(C)(O)c1cccn2c(C3CC3)nnc12.Cc1ccc(C(C)(C)c2nnc3c(C(C)O)cccn23)cc1.Cc1ccc(Cn2nnc(C3(c4nnc5c(C(C)(C)O)cccn45)CC3)n2)cc1. The fourth-order valence-corrected chi connectivity index (χ4v) is 16.0. The van der Waals surface area contributed by atoms with Gasteiger partial charge >= 0.3 is 0 Å². The number of pyridine rings is 5. The zero-order valence-electron chi connectivity index (χ0n) is 70.7. The van der Waals surface area contributed by atoms with Gasteiger partial charge in [-0.2, -0.15) is 4.80 Å². The van der Waals surface area contributed by atoms with Crippen molar-refractivity contribution in [2.75, 3.05) is 0 Å². The first-order chi connectivity index (χ1) is 58.3. The summed E-state index contributed by atoms with van der Waals surface area (Å²) in [6, 6.07) is 55.9. The number of nitrogens with zero attached hydrogens (tertiary/aromatic N) is 24. The van der Waals surface area contributed by atoms with Crippen LogP contribution in [0, 0.1) is 13.8 Å². The van der Waals surface area contributed by atoms with Gasteiger partial charge in [0, 0.05) is 70.3 Å². The maximum atomic E-state index is 10.5. The lowest BCUT2D eigenvalue weighted by atomic mass is 9.83. The predicted octanol–water partition coefficient (Wildman–Crippen LogP) is 13.4. The summed E-state index contributed by atoms with van der Waals surface area (Å²) >= 11 is 0. The minimum atomic E-state index is -1.00. The van der Waals surface area contributed by atoms with Gasteiger partial charge in [0.05, 0.1) is 64.0 Å². The van der Waals surface area contributed by atoms with Crippen molar-refractivity contribution in [2.24, 2.45) is 0 Å². The summed E-state index contributed by atoms with van der Waals surface area (Å²) in [6.07, 6.45) is 18.8. The van der Waals surface area contributed by atoms with Crippen LogP contribution in [0.3, 0.4) is 0 Å². The van der Waals surface area contributed by atoms with Crippen molar-refractivity contribution in [2.45, 2.75) is 211 Å². The minimum absolute atomic E-state index is 0.273. The molecule has 122 heavy (non-hydrogen) atoms. The molecular weight excluding hydrogens is 1540 g/mol. The number of aliphatic hydroxyl groups is 5. The molecule has 5 N–H and O–H groups in total. The molecule has 0 amide bonds. The lowest BCUT2D eigenvalue weighted by molar-refractivity contribution is 0.0790. The average molecular weight is 1640 g/mol. The molecule has 4 aliphatic carbocycles. The van der Waals surface area contributed by atoms with Crippen molar-refractivity contribution in [3.63, 3.8) is 0 Å². The van der Waals surface area contributed by atoms with Crippen LogP contribution in [-0.2, 0) is 57.2 Å². The molecule has 30 heteroatoms. The molecule has 17 aromatic rings. The topological polar surface area (TPSA) is 365 Å². The van der Waals surface area contributed by atoms with E-state index in [1.807, 2.05) is 167 Å². The van der Waals surface area contributed by atoms with E-state index in [4.69, 9.17) is 4.42 Å². The van der Waals surface area contributed by atoms with Crippen LogP contribution in [0.5, 0.6) is 0 Å². The molecule has 4 aliphatic rings. The first kappa shape index (κ1) is 81.5. The van der Waals surface area contributed by atoms with E-state index >= 15 is 0 Å². The van der Waals surface area contributed by atoms with E-state index in [1.165, 1.54) is 29.5 Å². The molecule has 1 atom stereocenters. The smallest absolute Gasteiger partial charge is 0.208 e. The summed E-state index contributed by atoms with van der Waals surface area (Å²) < 4.78 is 17.8. The van der Waals surface area contributed by atoms with Crippen LogP contribution in [0.25, 0.3) is 39.6 Å². The predicted molar refractivity (Wildman–Crippen MR) is 455 cm³/mol. The van der Waals surface area contributed by atoms with Crippen molar-refractivity contribution < 1.29 is 29.9 Å². The Labute approximate surface area is 704 Å². The van der Waals surface area contributed by atoms with Gasteiger partial charge in [-0.05, 0) is 204 Å². The van der Waals surface area contributed by atoms with Crippen molar-refractivity contribution in [3.05, 3.63) is 309 Å². The first-order valence-electron chi connectivity index (χ1n) is 41.4. The third-order valence-corrected chi connectivity index (χ3v) is 23.6. The van der Waals surface area contributed by atoms with Gasteiger partial charge in [0.1, 0.15) is 17.1 Å². The standard InChI is InChI=1S/C21H23N7O.C21H20N4O2.C20H21N7O.C18H21N3O.C12H15N3O/c1-14-6-8-15(9-7-14)13-28-25-18(23-26-28)21(10-11-21)19-24-22-17-16(20(2,3)29)5-4-12-27(17)19;1-20(2,26)15-9-6-12-25-17(15)23-24-18(25)21(10-11-21)19-22-13-16(27-19)14-7-4-3-5-8-14;1-19(2,28)15-9-6-12-26-16(15)21-22-17(26)20(10-11-20)18-23-24-25-27(18)13-14-7-4-3-5-8-14;1-12-7-9-14(10-8-12)18(3,4)17-20-19-16-15(13(2)22)6-5-11-21(16)17;1-12(2,16)9-4-3-7-15-10(8-5-6-8)13-14-11(9)15/h4-9,12,29H,10-11,13H2,1-3H3;3-9,12-13,26H,10-11H2,1-2H3;3-9,12,28H,10-11,13H2,1-2H3;5-11,13,22H,1-4H3;3-4,7-8,16H,5-6H2,1-2H3. The molecule has 0 radical (unpaired) electrons. The van der Waals surface area contributed by atoms with Crippen LogP contribution in [0.15, 0.2) is 211 Å². The highest BCUT2D eigenvalue weighted by atomic mass is 16.4. The fourth-order valence-electron chi connectivity index (χ4n) is 16.0. The lowest BCUT2D eigenvalue weighted by Gasteiger charge is -2.23. The average Bonchev–Trinajstić information content (AvgIpc) is 1.56. The molecule has 0 aliphatic heterocycles. The van der Waals surface area contributed by atoms with Crippen LogP contribution in [0.1, 0.15) is 242 Å². The van der Waals surface area contributed by atoms with Crippen molar-refractivity contribution >= 4 is 28.2 Å². The molecule has 0 spiro atoms. The molecule has 4 aromatic carbocycles. The molecule has 13 heterocycles.